The number of hydrogen-bond acceptors (Lipinski definition) is 2. The second-order valence-electron chi connectivity index (χ2n) is 5.67. The van der Waals surface area contributed by atoms with Crippen molar-refractivity contribution in [3.05, 3.63) is 31.8 Å². The minimum atomic E-state index is -1.14. The Kier molecular flexibility index (Phi) is 5.29. The van der Waals surface area contributed by atoms with Crippen LogP contribution in [-0.4, -0.2) is 22.5 Å². The van der Waals surface area contributed by atoms with Crippen LogP contribution in [0.1, 0.15) is 43.0 Å². The molecule has 0 aliphatic heterocycles. The number of hydrogen-bond donors (Lipinski definition) is 2. The van der Waals surface area contributed by atoms with Gasteiger partial charge in [-0.25, -0.2) is 4.79 Å². The van der Waals surface area contributed by atoms with Crippen LogP contribution in [-0.2, 0) is 4.79 Å². The van der Waals surface area contributed by atoms with Crippen LogP contribution in [0.4, 0.5) is 0 Å². The Hall–Kier alpha value is -0.630. The van der Waals surface area contributed by atoms with Gasteiger partial charge >= 0.3 is 5.97 Å². The van der Waals surface area contributed by atoms with E-state index in [1.54, 1.807) is 12.1 Å². The molecule has 0 spiro atoms. The Morgan fingerprint density at radius 1 is 1.48 bits per heavy atom. The molecule has 0 radical (unpaired) electrons. The van der Waals surface area contributed by atoms with Crippen molar-refractivity contribution in [2.45, 2.75) is 38.1 Å². The van der Waals surface area contributed by atoms with Gasteiger partial charge in [0.2, 0.25) is 0 Å². The van der Waals surface area contributed by atoms with Crippen molar-refractivity contribution < 1.29 is 14.7 Å². The number of carbonyl (C=O) groups excluding carboxylic acids is 1. The molecule has 1 aliphatic rings. The Balaban J connectivity index is 2.27. The van der Waals surface area contributed by atoms with Crippen LogP contribution in [0.5, 0.6) is 0 Å². The summed E-state index contributed by atoms with van der Waals surface area (Å²) in [5, 5.41) is 12.4. The maximum absolute atomic E-state index is 12.5. The fourth-order valence-electron chi connectivity index (χ4n) is 2.87. The molecule has 1 saturated carbocycles. The van der Waals surface area contributed by atoms with E-state index in [2.05, 4.69) is 43.8 Å². The van der Waals surface area contributed by atoms with E-state index in [4.69, 9.17) is 0 Å². The summed E-state index contributed by atoms with van der Waals surface area (Å²) in [6.07, 6.45) is 2.80. The highest BCUT2D eigenvalue weighted by Gasteiger charge is 2.43. The van der Waals surface area contributed by atoms with E-state index < -0.39 is 11.5 Å². The highest BCUT2D eigenvalue weighted by molar-refractivity contribution is 14.1. The monoisotopic (exact) mass is 465 g/mol. The number of carbonyl (C=O) groups is 2. The molecular formula is C15H17BrINO3. The third-order valence-electron chi connectivity index (χ3n) is 3.93. The van der Waals surface area contributed by atoms with Crippen LogP contribution in [0.3, 0.4) is 0 Å². The first-order valence-electron chi connectivity index (χ1n) is 6.85. The quantitative estimate of drug-likeness (QED) is 0.667. The number of carboxylic acids is 1. The van der Waals surface area contributed by atoms with Crippen molar-refractivity contribution >= 4 is 50.4 Å². The predicted octanol–water partition coefficient (Wildman–Crippen LogP) is 3.82. The van der Waals surface area contributed by atoms with Crippen LogP contribution >= 0.6 is 38.5 Å². The molecule has 0 bridgehead atoms. The maximum Gasteiger partial charge on any atom is 0.329 e. The zero-order chi connectivity index (χ0) is 15.6. The normalized spacial score (nSPS) is 25.4. The van der Waals surface area contributed by atoms with Crippen molar-refractivity contribution in [3.8, 4) is 0 Å². The van der Waals surface area contributed by atoms with Crippen LogP contribution in [0.15, 0.2) is 22.7 Å². The lowest BCUT2D eigenvalue weighted by molar-refractivity contribution is -0.146. The van der Waals surface area contributed by atoms with E-state index in [0.29, 0.717) is 28.8 Å². The van der Waals surface area contributed by atoms with Crippen LogP contribution in [0.2, 0.25) is 0 Å². The lowest BCUT2D eigenvalue weighted by atomic mass is 9.76. The molecule has 1 fully saturated rings. The predicted molar refractivity (Wildman–Crippen MR) is 92.3 cm³/mol. The fourth-order valence-corrected chi connectivity index (χ4v) is 3.79. The molecule has 0 heterocycles. The number of nitrogens with one attached hydrogen (secondary N) is 1. The molecule has 114 valence electrons. The lowest BCUT2D eigenvalue weighted by Gasteiger charge is -2.37. The minimum Gasteiger partial charge on any atom is -0.480 e. The zero-order valence-electron chi connectivity index (χ0n) is 11.7. The summed E-state index contributed by atoms with van der Waals surface area (Å²) in [5.74, 6) is -0.976. The van der Waals surface area contributed by atoms with Crippen LogP contribution in [0, 0.1) is 9.49 Å². The first-order valence-corrected chi connectivity index (χ1v) is 8.72. The standard InChI is InChI=1S/C15H17BrINO3/c1-9-3-2-6-15(8-9,14(20)21)18-13(19)11-7-10(17)4-5-12(11)16/h4-5,7,9H,2-3,6,8H2,1H3,(H,18,19)(H,20,21). The molecule has 2 unspecified atom stereocenters. The van der Waals surface area contributed by atoms with Crippen molar-refractivity contribution in [2.75, 3.05) is 0 Å². The van der Waals surface area contributed by atoms with Crippen LogP contribution < -0.4 is 5.32 Å². The average molecular weight is 466 g/mol. The number of benzene rings is 1. The van der Waals surface area contributed by atoms with Gasteiger partial charge in [-0.1, -0.05) is 19.8 Å². The van der Waals surface area contributed by atoms with E-state index in [9.17, 15) is 14.7 Å². The van der Waals surface area contributed by atoms with Gasteiger partial charge in [0.05, 0.1) is 5.56 Å². The summed E-state index contributed by atoms with van der Waals surface area (Å²) >= 11 is 5.48. The zero-order valence-corrected chi connectivity index (χ0v) is 15.4. The van der Waals surface area contributed by atoms with Gasteiger partial charge in [-0.3, -0.25) is 4.79 Å². The Bertz CT molecular complexity index is 578. The molecule has 0 saturated heterocycles. The Morgan fingerprint density at radius 3 is 2.81 bits per heavy atom. The van der Waals surface area contributed by atoms with Gasteiger partial charge in [0.15, 0.2) is 0 Å². The highest BCUT2D eigenvalue weighted by Crippen LogP contribution is 2.33. The fraction of sp³-hybridized carbons (Fsp3) is 0.467. The van der Waals surface area contributed by atoms with Crippen molar-refractivity contribution in [1.29, 1.82) is 0 Å². The smallest absolute Gasteiger partial charge is 0.329 e. The first kappa shape index (κ1) is 16.7. The van der Waals surface area contributed by atoms with Crippen molar-refractivity contribution in [2.24, 2.45) is 5.92 Å². The molecule has 1 aromatic carbocycles. The second-order valence-corrected chi connectivity index (χ2v) is 7.77. The molecule has 1 aliphatic carbocycles. The van der Waals surface area contributed by atoms with Gasteiger partial charge in [0.1, 0.15) is 5.54 Å². The minimum absolute atomic E-state index is 0.300. The Labute approximate surface area is 146 Å². The summed E-state index contributed by atoms with van der Waals surface area (Å²) in [4.78, 5) is 24.2. The van der Waals surface area contributed by atoms with Gasteiger partial charge < -0.3 is 10.4 Å². The Morgan fingerprint density at radius 2 is 2.19 bits per heavy atom. The number of aliphatic carboxylic acids is 1. The van der Waals surface area contributed by atoms with E-state index >= 15 is 0 Å². The number of rotatable bonds is 3. The van der Waals surface area contributed by atoms with Gasteiger partial charge in [-0.05, 0) is 75.5 Å². The molecule has 2 N–H and O–H groups in total. The molecule has 2 rings (SSSR count). The molecule has 4 nitrogen and oxygen atoms in total. The first-order chi connectivity index (χ1) is 9.84. The summed E-state index contributed by atoms with van der Waals surface area (Å²) in [6.45, 7) is 2.03. The largest absolute Gasteiger partial charge is 0.480 e. The van der Waals surface area contributed by atoms with Gasteiger partial charge in [0, 0.05) is 8.04 Å². The molecular weight excluding hydrogens is 449 g/mol. The number of amides is 1. The van der Waals surface area contributed by atoms with Crippen LogP contribution in [0.25, 0.3) is 0 Å². The van der Waals surface area contributed by atoms with Gasteiger partial charge in [-0.15, -0.1) is 0 Å². The lowest BCUT2D eigenvalue weighted by Crippen LogP contribution is -2.56. The summed E-state index contributed by atoms with van der Waals surface area (Å²) < 4.78 is 1.60. The molecule has 1 aromatic rings. The van der Waals surface area contributed by atoms with Gasteiger partial charge in [-0.2, -0.15) is 0 Å². The highest BCUT2D eigenvalue weighted by atomic mass is 127. The summed E-state index contributed by atoms with van der Waals surface area (Å²) in [6, 6.07) is 5.44. The molecule has 6 heteroatoms. The van der Waals surface area contributed by atoms with E-state index in [1.807, 2.05) is 13.0 Å². The SMILES string of the molecule is CC1CCCC(NC(=O)c2cc(I)ccc2Br)(C(=O)O)C1. The summed E-state index contributed by atoms with van der Waals surface area (Å²) in [5.41, 5.74) is -0.670. The van der Waals surface area contributed by atoms with Crippen molar-refractivity contribution in [3.63, 3.8) is 0 Å². The second kappa shape index (κ2) is 6.64. The molecule has 0 aromatic heterocycles. The average Bonchev–Trinajstić information content (AvgIpc) is 2.41. The third-order valence-corrected chi connectivity index (χ3v) is 5.30. The van der Waals surface area contributed by atoms with E-state index in [0.717, 1.165) is 16.4 Å². The van der Waals surface area contributed by atoms with E-state index in [-0.39, 0.29) is 5.91 Å². The van der Waals surface area contributed by atoms with E-state index in [1.165, 1.54) is 0 Å². The number of carboxylic acid groups (broad SMARTS) is 1. The number of halogens is 2. The summed E-state index contributed by atoms with van der Waals surface area (Å²) in [7, 11) is 0. The van der Waals surface area contributed by atoms with Crippen molar-refractivity contribution in [1.82, 2.24) is 5.32 Å². The molecule has 21 heavy (non-hydrogen) atoms. The topological polar surface area (TPSA) is 66.4 Å². The maximum atomic E-state index is 12.5. The van der Waals surface area contributed by atoms with Gasteiger partial charge in [0.25, 0.3) is 5.91 Å². The third kappa shape index (κ3) is 3.77. The molecule has 1 amide bonds. The molecule has 2 atom stereocenters.